The van der Waals surface area contributed by atoms with E-state index in [1.807, 2.05) is 54.6 Å². The number of aliphatic hydroxyl groups is 1. The monoisotopic (exact) mass is 1050 g/mol. The van der Waals surface area contributed by atoms with Crippen LogP contribution < -0.4 is 19.7 Å². The Hall–Kier alpha value is -7.68. The number of H-pyrrole nitrogens is 2. The third kappa shape index (κ3) is 14.2. The van der Waals surface area contributed by atoms with Gasteiger partial charge in [-0.1, -0.05) is 48.2 Å². The number of aliphatic imine (C=N–C) groups is 1. The van der Waals surface area contributed by atoms with Crippen molar-refractivity contribution in [3.63, 3.8) is 0 Å². The number of thioether (sulfide) groups is 1. The van der Waals surface area contributed by atoms with E-state index in [-0.39, 0.29) is 48.6 Å². The van der Waals surface area contributed by atoms with Gasteiger partial charge >= 0.3 is 5.97 Å². The van der Waals surface area contributed by atoms with E-state index in [9.17, 15) is 19.8 Å². The van der Waals surface area contributed by atoms with Crippen LogP contribution in [0.2, 0.25) is 0 Å². The number of anilines is 1. The van der Waals surface area contributed by atoms with Crippen LogP contribution in [0, 0.1) is 0 Å². The van der Waals surface area contributed by atoms with Gasteiger partial charge in [0.15, 0.2) is 11.5 Å². The molecule has 0 atom stereocenters. The van der Waals surface area contributed by atoms with Crippen molar-refractivity contribution in [2.24, 2.45) is 4.99 Å². The summed E-state index contributed by atoms with van der Waals surface area (Å²) < 4.78 is 33.7. The van der Waals surface area contributed by atoms with Gasteiger partial charge in [0.2, 0.25) is 5.91 Å². The van der Waals surface area contributed by atoms with Crippen LogP contribution in [0.25, 0.3) is 50.9 Å². The van der Waals surface area contributed by atoms with Crippen molar-refractivity contribution in [3.8, 4) is 40.0 Å². The number of likely N-dealkylation sites (N-methyl/N-ethyl adjacent to an activating group) is 1. The molecule has 2 aromatic heterocycles. The third-order valence-corrected chi connectivity index (χ3v) is 13.5. The van der Waals surface area contributed by atoms with Crippen molar-refractivity contribution in [1.29, 1.82) is 0 Å². The molecule has 7 aromatic rings. The highest BCUT2D eigenvalue weighted by atomic mass is 32.2. The number of phenols is 1. The first-order valence-corrected chi connectivity index (χ1v) is 26.3. The Morgan fingerprint density at radius 1 is 0.737 bits per heavy atom. The highest BCUT2D eigenvalue weighted by molar-refractivity contribution is 8.18. The first kappa shape index (κ1) is 53.2. The van der Waals surface area contributed by atoms with Gasteiger partial charge in [-0.25, -0.2) is 19.8 Å². The number of aromatic hydroxyl groups is 1. The average Bonchev–Trinajstić information content (AvgIpc) is 4.15. The molecule has 5 N–H and O–H groups in total. The molecule has 9 rings (SSSR count). The van der Waals surface area contributed by atoms with Gasteiger partial charge in [0, 0.05) is 56.0 Å². The molecular weight excluding hydrogens is 989 g/mol. The minimum absolute atomic E-state index is 0.00984. The molecule has 4 heterocycles. The Morgan fingerprint density at radius 3 is 2.17 bits per heavy atom. The van der Waals surface area contributed by atoms with Gasteiger partial charge < -0.3 is 63.7 Å². The topological polar surface area (TPSA) is 218 Å². The zero-order chi connectivity index (χ0) is 52.6. The summed E-state index contributed by atoms with van der Waals surface area (Å²) >= 11 is 1.13. The number of benzene rings is 5. The first-order valence-electron chi connectivity index (χ1n) is 25.4. The number of rotatable bonds is 25. The van der Waals surface area contributed by atoms with Crippen LogP contribution in [-0.2, 0) is 28.5 Å². The number of carbonyl (C=O) groups excluding carboxylic acids is 2. The lowest BCUT2D eigenvalue weighted by Gasteiger charge is -2.34. The summed E-state index contributed by atoms with van der Waals surface area (Å²) in [5, 5.41) is 24.8. The quantitative estimate of drug-likeness (QED) is 0.0267. The largest absolute Gasteiger partial charge is 0.506 e. The number of aliphatic hydroxyl groups excluding tert-OH is 1. The number of fused-ring (bicyclic) bond motifs is 2. The number of ether oxygens (including phenoxy) is 6. The number of amides is 1. The lowest BCUT2D eigenvalue weighted by Crippen LogP contribution is -2.44. The molecule has 2 aliphatic rings. The Kier molecular flexibility index (Phi) is 18.3. The summed E-state index contributed by atoms with van der Waals surface area (Å²) in [6, 6.07) is 34.3. The van der Waals surface area contributed by atoms with E-state index in [4.69, 9.17) is 38.4 Å². The van der Waals surface area contributed by atoms with Gasteiger partial charge in [-0.15, -0.1) is 0 Å². The lowest BCUT2D eigenvalue weighted by atomic mass is 10.1. The molecule has 1 fully saturated rings. The second kappa shape index (κ2) is 26.2. The number of esters is 1. The SMILES string of the molecule is CCOC(=O)C1=C(O)/C(=C\c2ccc(OCCOCCOCCOCCNC(=O)CCCOc3cccc(-c4nc5ccc(-c6nc7ccc(N8CCN(C)CC8)cc7[nH]6)cc5[nH]4)c3)c(O)c2)SC1=Nc1ccccc1. The second-order valence-electron chi connectivity index (χ2n) is 17.9. The number of hydrogen-bond acceptors (Lipinski definition) is 16. The normalized spacial score (nSPS) is 15.1. The zero-order valence-electron chi connectivity index (χ0n) is 42.6. The van der Waals surface area contributed by atoms with E-state index in [2.05, 4.69) is 61.4 Å². The van der Waals surface area contributed by atoms with Crippen molar-refractivity contribution in [3.05, 3.63) is 131 Å². The van der Waals surface area contributed by atoms with Gasteiger partial charge in [-0.3, -0.25) is 4.79 Å². The van der Waals surface area contributed by atoms with Crippen molar-refractivity contribution < 1.29 is 48.2 Å². The second-order valence-corrected chi connectivity index (χ2v) is 19.0. The number of nitrogens with one attached hydrogen (secondary N) is 3. The number of hydrogen-bond donors (Lipinski definition) is 5. The smallest absolute Gasteiger partial charge is 0.344 e. The van der Waals surface area contributed by atoms with Crippen molar-refractivity contribution in [2.45, 2.75) is 19.8 Å². The number of imidazole rings is 2. The average molecular weight is 1050 g/mol. The van der Waals surface area contributed by atoms with Crippen LogP contribution in [0.3, 0.4) is 0 Å². The van der Waals surface area contributed by atoms with Crippen LogP contribution in [0.5, 0.6) is 17.2 Å². The van der Waals surface area contributed by atoms with Crippen LogP contribution >= 0.6 is 11.8 Å². The van der Waals surface area contributed by atoms with Gasteiger partial charge in [0.1, 0.15) is 40.4 Å². The number of aromatic nitrogens is 4. The highest BCUT2D eigenvalue weighted by Gasteiger charge is 2.33. The van der Waals surface area contributed by atoms with E-state index < -0.39 is 5.97 Å². The molecule has 0 spiro atoms. The molecule has 2 aliphatic heterocycles. The lowest BCUT2D eigenvalue weighted by molar-refractivity contribution is -0.138. The molecule has 18 nitrogen and oxygen atoms in total. The fraction of sp³-hybridized carbons (Fsp3) is 0.316. The number of piperazine rings is 1. The maximum atomic E-state index is 12.7. The molecule has 76 heavy (non-hydrogen) atoms. The van der Waals surface area contributed by atoms with Gasteiger partial charge in [0.25, 0.3) is 0 Å². The molecule has 0 aliphatic carbocycles. The third-order valence-electron chi connectivity index (χ3n) is 12.4. The molecule has 0 bridgehead atoms. The Morgan fingerprint density at radius 2 is 1.43 bits per heavy atom. The molecule has 0 unspecified atom stereocenters. The summed E-state index contributed by atoms with van der Waals surface area (Å²) in [6.45, 7) is 9.03. The molecule has 19 heteroatoms. The Balaban J connectivity index is 0.608. The van der Waals surface area contributed by atoms with Crippen LogP contribution in [0.15, 0.2) is 130 Å². The maximum absolute atomic E-state index is 12.7. The summed E-state index contributed by atoms with van der Waals surface area (Å²) in [7, 11) is 2.17. The minimum atomic E-state index is -0.670. The van der Waals surface area contributed by atoms with Gasteiger partial charge in [0.05, 0.1) is 85.5 Å². The van der Waals surface area contributed by atoms with E-state index in [1.165, 1.54) is 11.8 Å². The first-order chi connectivity index (χ1) is 37.2. The maximum Gasteiger partial charge on any atom is 0.344 e. The van der Waals surface area contributed by atoms with Crippen LogP contribution in [0.4, 0.5) is 11.4 Å². The molecule has 0 radical (unpaired) electrons. The highest BCUT2D eigenvalue weighted by Crippen LogP contribution is 2.41. The number of para-hydroxylation sites is 1. The summed E-state index contributed by atoms with van der Waals surface area (Å²) in [5.74, 6) is 1.43. The molecule has 1 amide bonds. The Bertz CT molecular complexity index is 3200. The van der Waals surface area contributed by atoms with Gasteiger partial charge in [-0.2, -0.15) is 0 Å². The molecule has 5 aromatic carbocycles. The predicted molar refractivity (Wildman–Crippen MR) is 296 cm³/mol. The predicted octanol–water partition coefficient (Wildman–Crippen LogP) is 8.83. The van der Waals surface area contributed by atoms with Crippen molar-refractivity contribution >= 4 is 68.2 Å². The number of phenolic OH excluding ortho intramolecular Hbond substituents is 1. The van der Waals surface area contributed by atoms with Crippen molar-refractivity contribution in [1.82, 2.24) is 30.2 Å². The van der Waals surface area contributed by atoms with Gasteiger partial charge in [-0.05, 0) is 105 Å². The molecular formula is C57H62N8O10S. The van der Waals surface area contributed by atoms with E-state index in [0.717, 1.165) is 82.8 Å². The van der Waals surface area contributed by atoms with E-state index in [0.29, 0.717) is 86.0 Å². The van der Waals surface area contributed by atoms with E-state index >= 15 is 0 Å². The molecule has 1 saturated heterocycles. The summed E-state index contributed by atoms with van der Waals surface area (Å²) in [4.78, 5) is 51.6. The fourth-order valence-electron chi connectivity index (χ4n) is 8.46. The summed E-state index contributed by atoms with van der Waals surface area (Å²) in [6.07, 6.45) is 2.53. The number of nitrogens with zero attached hydrogens (tertiary/aromatic N) is 5. The van der Waals surface area contributed by atoms with E-state index in [1.54, 1.807) is 37.3 Å². The van der Waals surface area contributed by atoms with Crippen molar-refractivity contribution in [2.75, 3.05) is 104 Å². The molecule has 396 valence electrons. The number of aromatic amines is 2. The molecule has 0 saturated carbocycles. The fourth-order valence-corrected chi connectivity index (χ4v) is 9.49. The zero-order valence-corrected chi connectivity index (χ0v) is 43.4. The minimum Gasteiger partial charge on any atom is -0.506 e. The summed E-state index contributed by atoms with van der Waals surface area (Å²) in [5.41, 5.74) is 7.98. The Labute approximate surface area is 444 Å². The van der Waals surface area contributed by atoms with Crippen LogP contribution in [0.1, 0.15) is 25.3 Å². The number of carbonyl (C=O) groups is 2. The van der Waals surface area contributed by atoms with Crippen LogP contribution in [-0.4, -0.2) is 151 Å². The standard InChI is InChI=1S/C57H62N8O10S/c1-3-73-57(69)52-53(68)50(76-56(52)59-41-10-5-4-6-11-41)34-38-14-19-49(48(66)33-38)75-32-31-72-30-29-71-28-27-70-26-20-58-51(67)13-8-25-74-43-12-7-9-39(35-43)54-60-44-17-15-40(36-46(44)62-54)55-61-45-18-16-42(37-47(45)63-55)65-23-21-64(2)22-24-65/h4-7,9-12,14-19,33-37,66,68H,3,8,13,20-32H2,1-2H3,(H,58,67)(H,60,62)(H,61,63)/b50-34+,59-56?.